The molecule has 0 spiro atoms. The van der Waals surface area contributed by atoms with E-state index in [2.05, 4.69) is 5.10 Å². The van der Waals surface area contributed by atoms with Gasteiger partial charge in [-0.2, -0.15) is 18.3 Å². The number of aliphatic carboxylic acids is 1. The van der Waals surface area contributed by atoms with E-state index in [9.17, 15) is 18.0 Å². The third-order valence-corrected chi connectivity index (χ3v) is 2.61. The molecular weight excluding hydrogens is 263 g/mol. The van der Waals surface area contributed by atoms with Crippen LogP contribution in [0.4, 0.5) is 13.2 Å². The molecule has 0 bridgehead atoms. The maximum absolute atomic E-state index is 12.6. The van der Waals surface area contributed by atoms with Crippen LogP contribution in [-0.4, -0.2) is 27.4 Å². The first-order valence-electron chi connectivity index (χ1n) is 4.42. The molecule has 0 saturated heterocycles. The van der Waals surface area contributed by atoms with Crippen LogP contribution < -0.4 is 5.73 Å². The quantitative estimate of drug-likeness (QED) is 0.866. The minimum Gasteiger partial charge on any atom is -0.481 e. The van der Waals surface area contributed by atoms with Crippen molar-refractivity contribution < 1.29 is 23.1 Å². The summed E-state index contributed by atoms with van der Waals surface area (Å²) in [5.74, 6) is -3.01. The molecule has 0 aromatic carbocycles. The summed E-state index contributed by atoms with van der Waals surface area (Å²) in [6, 6.07) is 0. The van der Waals surface area contributed by atoms with E-state index >= 15 is 0 Å². The molecule has 0 saturated carbocycles. The molecule has 1 atom stereocenters. The van der Waals surface area contributed by atoms with E-state index < -0.39 is 35.9 Å². The van der Waals surface area contributed by atoms with Crippen LogP contribution in [-0.2, 0) is 18.0 Å². The van der Waals surface area contributed by atoms with Crippen molar-refractivity contribution in [3.05, 3.63) is 16.4 Å². The van der Waals surface area contributed by atoms with Crippen molar-refractivity contribution in [2.45, 2.75) is 12.1 Å². The number of nitrogens with zero attached hydrogens (tertiary/aromatic N) is 2. The largest absolute Gasteiger partial charge is 0.481 e. The Hall–Kier alpha value is -1.28. The number of alkyl halides is 3. The number of halogens is 4. The number of aryl methyl sites for hydroxylation is 1. The van der Waals surface area contributed by atoms with Gasteiger partial charge in [0.1, 0.15) is 5.15 Å². The molecule has 0 fully saturated rings. The highest BCUT2D eigenvalue weighted by molar-refractivity contribution is 6.30. The van der Waals surface area contributed by atoms with Gasteiger partial charge in [-0.1, -0.05) is 11.6 Å². The number of nitrogens with two attached hydrogens (primary N) is 1. The molecule has 0 aliphatic rings. The van der Waals surface area contributed by atoms with Crippen molar-refractivity contribution in [1.29, 1.82) is 0 Å². The van der Waals surface area contributed by atoms with Gasteiger partial charge >= 0.3 is 12.1 Å². The minimum atomic E-state index is -4.77. The van der Waals surface area contributed by atoms with Gasteiger partial charge in [0.15, 0.2) is 5.69 Å². The molecule has 96 valence electrons. The zero-order valence-corrected chi connectivity index (χ0v) is 9.38. The van der Waals surface area contributed by atoms with Crippen LogP contribution in [0.5, 0.6) is 0 Å². The predicted molar refractivity (Wildman–Crippen MR) is 52.7 cm³/mol. The highest BCUT2D eigenvalue weighted by atomic mass is 35.5. The Labute approximate surface area is 99.0 Å². The average molecular weight is 272 g/mol. The molecule has 0 aliphatic heterocycles. The van der Waals surface area contributed by atoms with E-state index in [1.807, 2.05) is 0 Å². The van der Waals surface area contributed by atoms with Gasteiger partial charge in [-0.05, 0) is 0 Å². The summed E-state index contributed by atoms with van der Waals surface area (Å²) in [6.07, 6.45) is -4.77. The van der Waals surface area contributed by atoms with Crippen LogP contribution in [0.2, 0.25) is 5.15 Å². The molecule has 1 rings (SSSR count). The second-order valence-corrected chi connectivity index (χ2v) is 3.66. The van der Waals surface area contributed by atoms with Crippen molar-refractivity contribution in [3.8, 4) is 0 Å². The summed E-state index contributed by atoms with van der Waals surface area (Å²) in [5, 5.41) is 11.6. The minimum absolute atomic E-state index is 0.379. The Morgan fingerprint density at radius 3 is 2.53 bits per heavy atom. The Bertz CT molecular complexity index is 444. The lowest BCUT2D eigenvalue weighted by molar-refractivity contribution is -0.143. The normalized spacial score (nSPS) is 13.8. The van der Waals surface area contributed by atoms with Crippen molar-refractivity contribution in [2.75, 3.05) is 6.54 Å². The third kappa shape index (κ3) is 2.52. The molecule has 17 heavy (non-hydrogen) atoms. The number of hydrogen-bond donors (Lipinski definition) is 2. The van der Waals surface area contributed by atoms with Crippen LogP contribution in [0.25, 0.3) is 0 Å². The summed E-state index contributed by atoms with van der Waals surface area (Å²) >= 11 is 5.62. The number of hydrogen-bond acceptors (Lipinski definition) is 3. The van der Waals surface area contributed by atoms with Gasteiger partial charge in [-0.25, -0.2) is 0 Å². The Balaban J connectivity index is 3.44. The van der Waals surface area contributed by atoms with E-state index in [0.717, 1.165) is 4.68 Å². The maximum atomic E-state index is 12.6. The van der Waals surface area contributed by atoms with Crippen molar-refractivity contribution in [3.63, 3.8) is 0 Å². The van der Waals surface area contributed by atoms with E-state index in [-0.39, 0.29) is 5.15 Å². The highest BCUT2D eigenvalue weighted by Crippen LogP contribution is 2.37. The molecule has 1 unspecified atom stereocenters. The standard InChI is InChI=1S/C8H9ClF3N3O2/c1-15-6(9)4(3(2-13)7(16)17)5(14-15)8(10,11)12/h3H,2,13H2,1H3,(H,16,17). The number of carboxylic acids is 1. The average Bonchev–Trinajstić information content (AvgIpc) is 2.46. The molecule has 1 aromatic heterocycles. The van der Waals surface area contributed by atoms with Crippen LogP contribution in [0.3, 0.4) is 0 Å². The van der Waals surface area contributed by atoms with E-state index in [1.165, 1.54) is 7.05 Å². The molecular formula is C8H9ClF3N3O2. The lowest BCUT2D eigenvalue weighted by atomic mass is 10.00. The summed E-state index contributed by atoms with van der Waals surface area (Å²) in [4.78, 5) is 10.8. The predicted octanol–water partition coefficient (Wildman–Crippen LogP) is 1.22. The smallest absolute Gasteiger partial charge is 0.435 e. The first-order chi connectivity index (χ1) is 7.70. The van der Waals surface area contributed by atoms with Gasteiger partial charge in [0, 0.05) is 19.2 Å². The van der Waals surface area contributed by atoms with Crippen molar-refractivity contribution >= 4 is 17.6 Å². The van der Waals surface area contributed by atoms with Gasteiger partial charge in [0.05, 0.1) is 5.92 Å². The lowest BCUT2D eigenvalue weighted by Crippen LogP contribution is -2.24. The fourth-order valence-electron chi connectivity index (χ4n) is 1.38. The van der Waals surface area contributed by atoms with Crippen LogP contribution in [0.15, 0.2) is 0 Å². The molecule has 9 heteroatoms. The van der Waals surface area contributed by atoms with Crippen molar-refractivity contribution in [2.24, 2.45) is 12.8 Å². The van der Waals surface area contributed by atoms with E-state index in [0.29, 0.717) is 0 Å². The molecule has 0 radical (unpaired) electrons. The van der Waals surface area contributed by atoms with E-state index in [4.69, 9.17) is 22.4 Å². The number of carbonyl (C=O) groups is 1. The monoisotopic (exact) mass is 271 g/mol. The van der Waals surface area contributed by atoms with E-state index in [1.54, 1.807) is 0 Å². The summed E-state index contributed by atoms with van der Waals surface area (Å²) in [6.45, 7) is -0.496. The number of rotatable bonds is 3. The third-order valence-electron chi connectivity index (χ3n) is 2.16. The highest BCUT2D eigenvalue weighted by Gasteiger charge is 2.42. The van der Waals surface area contributed by atoms with Crippen molar-refractivity contribution in [1.82, 2.24) is 9.78 Å². The first kappa shape index (κ1) is 13.8. The Morgan fingerprint density at radius 2 is 2.18 bits per heavy atom. The molecule has 0 amide bonds. The molecule has 1 heterocycles. The van der Waals surface area contributed by atoms with Gasteiger partial charge in [-0.3, -0.25) is 9.48 Å². The van der Waals surface area contributed by atoms with Crippen LogP contribution in [0.1, 0.15) is 17.2 Å². The topological polar surface area (TPSA) is 81.1 Å². The summed E-state index contributed by atoms with van der Waals surface area (Å²) < 4.78 is 38.7. The van der Waals surface area contributed by atoms with Crippen LogP contribution in [0, 0.1) is 0 Å². The Kier molecular flexibility index (Phi) is 3.68. The van der Waals surface area contributed by atoms with Gasteiger partial charge < -0.3 is 10.8 Å². The second kappa shape index (κ2) is 4.53. The lowest BCUT2D eigenvalue weighted by Gasteiger charge is -2.12. The summed E-state index contributed by atoms with van der Waals surface area (Å²) in [5.41, 5.74) is 3.24. The zero-order chi connectivity index (χ0) is 13.4. The maximum Gasteiger partial charge on any atom is 0.435 e. The second-order valence-electron chi connectivity index (χ2n) is 3.30. The fourth-order valence-corrected chi connectivity index (χ4v) is 1.64. The Morgan fingerprint density at radius 1 is 1.65 bits per heavy atom. The van der Waals surface area contributed by atoms with Gasteiger partial charge in [-0.15, -0.1) is 0 Å². The SMILES string of the molecule is Cn1nc(C(F)(F)F)c(C(CN)C(=O)O)c1Cl. The molecule has 0 aliphatic carbocycles. The molecule has 1 aromatic rings. The molecule has 5 nitrogen and oxygen atoms in total. The molecule has 3 N–H and O–H groups in total. The fraction of sp³-hybridized carbons (Fsp3) is 0.500. The summed E-state index contributed by atoms with van der Waals surface area (Å²) in [7, 11) is 1.19. The zero-order valence-electron chi connectivity index (χ0n) is 8.62. The number of aromatic nitrogens is 2. The van der Waals surface area contributed by atoms with Gasteiger partial charge in [0.25, 0.3) is 0 Å². The first-order valence-corrected chi connectivity index (χ1v) is 4.80. The van der Waals surface area contributed by atoms with Crippen LogP contribution >= 0.6 is 11.6 Å². The number of carboxylic acid groups (broad SMARTS) is 1. The van der Waals surface area contributed by atoms with Gasteiger partial charge in [0.2, 0.25) is 0 Å².